The molecule has 38 heavy (non-hydrogen) atoms. The Balaban J connectivity index is 2.00. The maximum absolute atomic E-state index is 13.0. The molecular weight excluding hydrogens is 504 g/mol. The lowest BCUT2D eigenvalue weighted by atomic mass is 10.1. The van der Waals surface area contributed by atoms with Crippen LogP contribution in [0.25, 0.3) is 0 Å². The standard InChI is InChI=1S/C23H40N6O9/c1-11(19(33)27-15(23(37)38)5-3-4-6-24)26-21(35)18(12(2)30)28-20(34)17-8-14(32)10-29(17)22(36)16-7-13(31)9-25-16/h11-18,25,30-32H,3-10,24H2,1-2H3,(H,26,35)(H,27,33)(H,28,34)(H,37,38)/t11-,12+,13+,14+,15-,16-,17-,18-/m0/s1. The van der Waals surface area contributed by atoms with Gasteiger partial charge >= 0.3 is 5.97 Å². The Morgan fingerprint density at radius 1 is 1.00 bits per heavy atom. The summed E-state index contributed by atoms with van der Waals surface area (Å²) in [5.74, 6) is -4.15. The molecule has 8 atom stereocenters. The fourth-order valence-electron chi connectivity index (χ4n) is 4.48. The summed E-state index contributed by atoms with van der Waals surface area (Å²) in [4.78, 5) is 63.9. The van der Waals surface area contributed by atoms with Crippen molar-refractivity contribution < 1.29 is 44.4 Å². The third-order valence-electron chi connectivity index (χ3n) is 6.65. The number of unbranched alkanes of at least 4 members (excludes halogenated alkanes) is 1. The molecule has 0 saturated carbocycles. The summed E-state index contributed by atoms with van der Waals surface area (Å²) in [5, 5.41) is 49.3. The van der Waals surface area contributed by atoms with E-state index in [1.165, 1.54) is 18.7 Å². The van der Waals surface area contributed by atoms with Crippen LogP contribution in [-0.4, -0.2) is 123 Å². The van der Waals surface area contributed by atoms with Crippen molar-refractivity contribution in [3.05, 3.63) is 0 Å². The SMILES string of the molecule is C[C@H](NC(=O)[C@@H](NC(=O)[C@@H]1C[C@@H](O)CN1C(=O)[C@@H]1C[C@@H](O)CN1)[C@@H](C)O)C(=O)N[C@@H](CCCCN)C(=O)O. The van der Waals surface area contributed by atoms with Gasteiger partial charge in [0.15, 0.2) is 0 Å². The summed E-state index contributed by atoms with van der Waals surface area (Å²) in [5.41, 5.74) is 5.41. The number of β-amino-alcohol motifs (C(OH)–C–C–N with tert-alkyl or cyclic N) is 2. The molecule has 4 amide bonds. The predicted molar refractivity (Wildman–Crippen MR) is 132 cm³/mol. The van der Waals surface area contributed by atoms with Gasteiger partial charge in [0.1, 0.15) is 24.2 Å². The number of nitrogens with two attached hydrogens (primary N) is 1. The first kappa shape index (κ1) is 31.4. The number of carbonyl (C=O) groups excluding carboxylic acids is 4. The van der Waals surface area contributed by atoms with Crippen molar-refractivity contribution in [3.63, 3.8) is 0 Å². The summed E-state index contributed by atoms with van der Waals surface area (Å²) >= 11 is 0. The van der Waals surface area contributed by atoms with Crippen LogP contribution in [0.15, 0.2) is 0 Å². The van der Waals surface area contributed by atoms with E-state index in [4.69, 9.17) is 5.73 Å². The molecule has 0 radical (unpaired) electrons. The molecule has 10 N–H and O–H groups in total. The zero-order valence-corrected chi connectivity index (χ0v) is 21.6. The highest BCUT2D eigenvalue weighted by Gasteiger charge is 2.43. The molecule has 0 aromatic rings. The number of aliphatic carboxylic acids is 1. The second-order valence-corrected chi connectivity index (χ2v) is 9.89. The van der Waals surface area contributed by atoms with Crippen molar-refractivity contribution in [2.45, 2.75) is 94.5 Å². The molecule has 2 aliphatic rings. The van der Waals surface area contributed by atoms with E-state index in [1.807, 2.05) is 0 Å². The molecule has 0 aromatic carbocycles. The summed E-state index contributed by atoms with van der Waals surface area (Å²) in [7, 11) is 0. The third kappa shape index (κ3) is 8.59. The van der Waals surface area contributed by atoms with Crippen molar-refractivity contribution in [2.75, 3.05) is 19.6 Å². The average molecular weight is 545 g/mol. The lowest BCUT2D eigenvalue weighted by molar-refractivity contribution is -0.142. The lowest BCUT2D eigenvalue weighted by Crippen LogP contribution is -2.60. The summed E-state index contributed by atoms with van der Waals surface area (Å²) in [6.07, 6.45) is -1.77. The number of carboxylic acids is 1. The molecule has 0 aromatic heterocycles. The molecule has 0 aliphatic carbocycles. The van der Waals surface area contributed by atoms with Gasteiger partial charge < -0.3 is 52.3 Å². The van der Waals surface area contributed by atoms with E-state index in [2.05, 4.69) is 21.3 Å². The van der Waals surface area contributed by atoms with Crippen LogP contribution in [0.3, 0.4) is 0 Å². The second kappa shape index (κ2) is 14.3. The number of carboxylic acid groups (broad SMARTS) is 1. The summed E-state index contributed by atoms with van der Waals surface area (Å²) in [6, 6.07) is -5.70. The molecule has 2 saturated heterocycles. The quantitative estimate of drug-likeness (QED) is 0.100. The van der Waals surface area contributed by atoms with Crippen molar-refractivity contribution in [1.29, 1.82) is 0 Å². The molecule has 15 heteroatoms. The first-order valence-corrected chi connectivity index (χ1v) is 12.8. The van der Waals surface area contributed by atoms with Crippen LogP contribution in [0.2, 0.25) is 0 Å². The number of amides is 4. The minimum Gasteiger partial charge on any atom is -0.480 e. The van der Waals surface area contributed by atoms with Gasteiger partial charge in [-0.25, -0.2) is 4.79 Å². The minimum absolute atomic E-state index is 0.0828. The van der Waals surface area contributed by atoms with Crippen LogP contribution in [0.4, 0.5) is 0 Å². The topological polar surface area (TPSA) is 244 Å². The van der Waals surface area contributed by atoms with E-state index in [-0.39, 0.29) is 32.4 Å². The molecule has 0 bridgehead atoms. The molecule has 2 fully saturated rings. The Morgan fingerprint density at radius 2 is 1.68 bits per heavy atom. The van der Waals surface area contributed by atoms with Crippen LogP contribution >= 0.6 is 0 Å². The Labute approximate surface area is 220 Å². The summed E-state index contributed by atoms with van der Waals surface area (Å²) in [6.45, 7) is 3.07. The van der Waals surface area contributed by atoms with Crippen LogP contribution in [0, 0.1) is 0 Å². The van der Waals surface area contributed by atoms with Gasteiger partial charge in [-0.2, -0.15) is 0 Å². The van der Waals surface area contributed by atoms with E-state index in [0.717, 1.165) is 0 Å². The largest absolute Gasteiger partial charge is 0.480 e. The number of carbonyl (C=O) groups is 5. The van der Waals surface area contributed by atoms with Gasteiger partial charge in [-0.15, -0.1) is 0 Å². The van der Waals surface area contributed by atoms with Crippen LogP contribution in [0.5, 0.6) is 0 Å². The lowest BCUT2D eigenvalue weighted by Gasteiger charge is -2.29. The molecule has 2 heterocycles. The van der Waals surface area contributed by atoms with Crippen LogP contribution < -0.4 is 27.0 Å². The normalized spacial score (nSPS) is 26.2. The smallest absolute Gasteiger partial charge is 0.326 e. The molecule has 2 aliphatic heterocycles. The van der Waals surface area contributed by atoms with Gasteiger partial charge in [0.05, 0.1) is 24.4 Å². The maximum atomic E-state index is 13.0. The molecule has 0 spiro atoms. The number of aliphatic hydroxyl groups is 3. The van der Waals surface area contributed by atoms with E-state index in [9.17, 15) is 44.4 Å². The van der Waals surface area contributed by atoms with Gasteiger partial charge in [-0.1, -0.05) is 0 Å². The van der Waals surface area contributed by atoms with Crippen LogP contribution in [-0.2, 0) is 24.0 Å². The van der Waals surface area contributed by atoms with E-state index in [0.29, 0.717) is 19.4 Å². The Kier molecular flexibility index (Phi) is 11.8. The number of likely N-dealkylation sites (tertiary alicyclic amines) is 1. The highest BCUT2D eigenvalue weighted by molar-refractivity contribution is 5.96. The fraction of sp³-hybridized carbons (Fsp3) is 0.783. The van der Waals surface area contributed by atoms with Crippen molar-refractivity contribution in [3.8, 4) is 0 Å². The number of aliphatic hydroxyl groups excluding tert-OH is 3. The van der Waals surface area contributed by atoms with Gasteiger partial charge in [0.25, 0.3) is 0 Å². The number of nitrogens with one attached hydrogen (secondary N) is 4. The van der Waals surface area contributed by atoms with E-state index in [1.54, 1.807) is 0 Å². The van der Waals surface area contributed by atoms with Crippen LogP contribution in [0.1, 0.15) is 46.0 Å². The minimum atomic E-state index is -1.50. The van der Waals surface area contributed by atoms with Crippen molar-refractivity contribution in [2.24, 2.45) is 5.73 Å². The zero-order chi connectivity index (χ0) is 28.6. The first-order valence-electron chi connectivity index (χ1n) is 12.8. The average Bonchev–Trinajstić information content (AvgIpc) is 3.46. The number of rotatable bonds is 13. The van der Waals surface area contributed by atoms with E-state index < -0.39 is 78.1 Å². The molecule has 216 valence electrons. The highest BCUT2D eigenvalue weighted by Crippen LogP contribution is 2.22. The monoisotopic (exact) mass is 544 g/mol. The number of hydrogen-bond donors (Lipinski definition) is 9. The Hall–Kier alpha value is -2.85. The number of nitrogens with zero attached hydrogens (tertiary/aromatic N) is 1. The molecular formula is C23H40N6O9. The third-order valence-corrected chi connectivity index (χ3v) is 6.65. The number of hydrogen-bond acceptors (Lipinski definition) is 10. The zero-order valence-electron chi connectivity index (χ0n) is 21.6. The highest BCUT2D eigenvalue weighted by atomic mass is 16.4. The van der Waals surface area contributed by atoms with Gasteiger partial charge in [-0.05, 0) is 46.1 Å². The summed E-state index contributed by atoms with van der Waals surface area (Å²) < 4.78 is 0. The molecule has 2 rings (SSSR count). The Bertz CT molecular complexity index is 872. The van der Waals surface area contributed by atoms with Crippen molar-refractivity contribution in [1.82, 2.24) is 26.2 Å². The molecule has 0 unspecified atom stereocenters. The maximum Gasteiger partial charge on any atom is 0.326 e. The van der Waals surface area contributed by atoms with Crippen molar-refractivity contribution >= 4 is 29.6 Å². The first-order chi connectivity index (χ1) is 17.8. The molecule has 15 nitrogen and oxygen atoms in total. The van der Waals surface area contributed by atoms with Gasteiger partial charge in [-0.3, -0.25) is 19.2 Å². The van der Waals surface area contributed by atoms with Gasteiger partial charge in [0, 0.05) is 19.5 Å². The fourth-order valence-corrected chi connectivity index (χ4v) is 4.48. The van der Waals surface area contributed by atoms with E-state index >= 15 is 0 Å². The predicted octanol–water partition coefficient (Wildman–Crippen LogP) is -4.26. The second-order valence-electron chi connectivity index (χ2n) is 9.89. The van der Waals surface area contributed by atoms with Gasteiger partial charge in [0.2, 0.25) is 23.6 Å². The Morgan fingerprint density at radius 3 is 2.24 bits per heavy atom.